The number of imidazole rings is 1. The summed E-state index contributed by atoms with van der Waals surface area (Å²) in [7, 11) is 3.28. The van der Waals surface area contributed by atoms with Crippen LogP contribution in [-0.2, 0) is 0 Å². The summed E-state index contributed by atoms with van der Waals surface area (Å²) in [6.45, 7) is 0. The van der Waals surface area contributed by atoms with E-state index in [2.05, 4.69) is 14.8 Å². The quantitative estimate of drug-likeness (QED) is 0.726. The molecule has 4 nitrogen and oxygen atoms in total. The Bertz CT molecular complexity index is 687. The first-order valence-corrected chi connectivity index (χ1v) is 6.34. The lowest BCUT2D eigenvalue weighted by molar-refractivity contribution is 0.355. The molecule has 0 saturated carbocycles. The van der Waals surface area contributed by atoms with Crippen molar-refractivity contribution in [2.45, 2.75) is 0 Å². The van der Waals surface area contributed by atoms with Crippen LogP contribution < -0.4 is 9.47 Å². The highest BCUT2D eigenvalue weighted by Crippen LogP contribution is 2.33. The Morgan fingerprint density at radius 2 is 2.00 bits per heavy atom. The molecule has 0 amide bonds. The Kier molecular flexibility index (Phi) is 2.68. The lowest BCUT2D eigenvalue weighted by atomic mass is 10.1. The summed E-state index contributed by atoms with van der Waals surface area (Å²) in [5.41, 5.74) is 2.19. The first-order chi connectivity index (χ1) is 8.83. The summed E-state index contributed by atoms with van der Waals surface area (Å²) in [5, 5.41) is 2.09. The summed E-state index contributed by atoms with van der Waals surface area (Å²) < 4.78 is 12.6. The van der Waals surface area contributed by atoms with E-state index in [1.54, 1.807) is 31.8 Å². The van der Waals surface area contributed by atoms with E-state index in [1.165, 1.54) is 0 Å². The molecule has 2 heterocycles. The number of fused-ring (bicyclic) bond motifs is 1. The highest BCUT2D eigenvalue weighted by molar-refractivity contribution is 7.15. The predicted molar refractivity (Wildman–Crippen MR) is 71.6 cm³/mol. The van der Waals surface area contributed by atoms with Gasteiger partial charge >= 0.3 is 0 Å². The molecule has 5 heteroatoms. The van der Waals surface area contributed by atoms with Gasteiger partial charge < -0.3 is 9.47 Å². The van der Waals surface area contributed by atoms with E-state index in [0.717, 1.165) is 27.7 Å². The molecule has 0 radical (unpaired) electrons. The highest BCUT2D eigenvalue weighted by Gasteiger charge is 2.10. The second-order valence-corrected chi connectivity index (χ2v) is 4.61. The van der Waals surface area contributed by atoms with Crippen molar-refractivity contribution in [3.63, 3.8) is 0 Å². The first kappa shape index (κ1) is 11.1. The molecular weight excluding hydrogens is 248 g/mol. The molecule has 0 fully saturated rings. The van der Waals surface area contributed by atoms with Crippen molar-refractivity contribution >= 4 is 16.3 Å². The molecule has 0 spiro atoms. The van der Waals surface area contributed by atoms with Crippen LogP contribution in [-0.4, -0.2) is 23.6 Å². The van der Waals surface area contributed by atoms with Crippen LogP contribution in [0.3, 0.4) is 0 Å². The third-order valence-corrected chi connectivity index (χ3v) is 3.68. The third kappa shape index (κ3) is 1.64. The monoisotopic (exact) mass is 260 g/mol. The Morgan fingerprint density at radius 1 is 1.17 bits per heavy atom. The first-order valence-electron chi connectivity index (χ1n) is 5.46. The lowest BCUT2D eigenvalue weighted by Crippen LogP contribution is -1.91. The van der Waals surface area contributed by atoms with Gasteiger partial charge in [0.25, 0.3) is 0 Å². The van der Waals surface area contributed by atoms with Crippen molar-refractivity contribution < 1.29 is 9.47 Å². The molecular formula is C13H12N2O2S. The normalized spacial score (nSPS) is 10.8. The van der Waals surface area contributed by atoms with E-state index < -0.39 is 0 Å². The van der Waals surface area contributed by atoms with Crippen LogP contribution in [0.2, 0.25) is 0 Å². The van der Waals surface area contributed by atoms with Crippen LogP contribution in [0.5, 0.6) is 11.5 Å². The average Bonchev–Trinajstić information content (AvgIpc) is 3.00. The van der Waals surface area contributed by atoms with Gasteiger partial charge in [0.2, 0.25) is 0 Å². The number of aromatic nitrogens is 2. The lowest BCUT2D eigenvalue weighted by Gasteiger charge is -2.09. The summed E-state index contributed by atoms with van der Waals surface area (Å²) in [4.78, 5) is 5.25. The van der Waals surface area contributed by atoms with Gasteiger partial charge in [-0.25, -0.2) is 4.98 Å². The van der Waals surface area contributed by atoms with Crippen LogP contribution >= 0.6 is 11.3 Å². The fraction of sp³-hybridized carbons (Fsp3) is 0.154. The second kappa shape index (κ2) is 4.34. The zero-order chi connectivity index (χ0) is 12.5. The van der Waals surface area contributed by atoms with Gasteiger partial charge in [-0.1, -0.05) is 0 Å². The van der Waals surface area contributed by atoms with Gasteiger partial charge in [-0.2, -0.15) is 0 Å². The van der Waals surface area contributed by atoms with Crippen molar-refractivity contribution in [1.29, 1.82) is 0 Å². The molecule has 3 rings (SSSR count). The average molecular weight is 260 g/mol. The topological polar surface area (TPSA) is 35.8 Å². The van der Waals surface area contributed by atoms with Gasteiger partial charge in [0.05, 0.1) is 19.9 Å². The van der Waals surface area contributed by atoms with E-state index in [0.29, 0.717) is 0 Å². The van der Waals surface area contributed by atoms with E-state index >= 15 is 0 Å². The van der Waals surface area contributed by atoms with Crippen molar-refractivity contribution in [2.24, 2.45) is 0 Å². The van der Waals surface area contributed by atoms with Gasteiger partial charge in [-0.3, -0.25) is 4.40 Å². The maximum absolute atomic E-state index is 5.32. The molecule has 3 aromatic rings. The zero-order valence-electron chi connectivity index (χ0n) is 10.1. The van der Waals surface area contributed by atoms with Gasteiger partial charge in [-0.05, 0) is 18.2 Å². The predicted octanol–water partition coefficient (Wildman–Crippen LogP) is 3.08. The molecule has 0 aliphatic rings. The molecule has 0 saturated heterocycles. The number of thiazole rings is 1. The maximum Gasteiger partial charge on any atom is 0.194 e. The zero-order valence-corrected chi connectivity index (χ0v) is 10.9. The second-order valence-electron chi connectivity index (χ2n) is 3.77. The fourth-order valence-electron chi connectivity index (χ4n) is 1.93. The van der Waals surface area contributed by atoms with Crippen molar-refractivity contribution in [2.75, 3.05) is 14.2 Å². The summed E-state index contributed by atoms with van der Waals surface area (Å²) in [6.07, 6.45) is 3.76. The van der Waals surface area contributed by atoms with Crippen LogP contribution in [0.25, 0.3) is 16.2 Å². The fourth-order valence-corrected chi connectivity index (χ4v) is 2.79. The van der Waals surface area contributed by atoms with Crippen LogP contribution in [0.15, 0.2) is 36.0 Å². The smallest absolute Gasteiger partial charge is 0.194 e. The van der Waals surface area contributed by atoms with Crippen molar-refractivity contribution in [1.82, 2.24) is 9.38 Å². The molecule has 18 heavy (non-hydrogen) atoms. The van der Waals surface area contributed by atoms with E-state index in [1.807, 2.05) is 24.4 Å². The Morgan fingerprint density at radius 3 is 2.78 bits per heavy atom. The number of nitrogens with zero attached hydrogens (tertiary/aromatic N) is 2. The maximum atomic E-state index is 5.32. The molecule has 1 aromatic carbocycles. The van der Waals surface area contributed by atoms with Gasteiger partial charge in [0, 0.05) is 23.3 Å². The molecule has 0 aliphatic heterocycles. The molecule has 0 N–H and O–H groups in total. The highest BCUT2D eigenvalue weighted by atomic mass is 32.1. The van der Waals surface area contributed by atoms with Crippen LogP contribution in [0.4, 0.5) is 0 Å². The molecule has 0 atom stereocenters. The molecule has 2 aromatic heterocycles. The Labute approximate surface area is 108 Å². The number of benzene rings is 1. The number of hydrogen-bond acceptors (Lipinski definition) is 4. The summed E-state index contributed by atoms with van der Waals surface area (Å²) >= 11 is 1.62. The molecule has 92 valence electrons. The van der Waals surface area contributed by atoms with Gasteiger partial charge in [0.1, 0.15) is 0 Å². The summed E-state index contributed by atoms with van der Waals surface area (Å²) in [5.74, 6) is 1.47. The van der Waals surface area contributed by atoms with Crippen molar-refractivity contribution in [3.8, 4) is 22.8 Å². The Balaban J connectivity index is 2.15. The molecule has 0 unspecified atom stereocenters. The third-order valence-electron chi connectivity index (χ3n) is 2.82. The number of hydrogen-bond donors (Lipinski definition) is 0. The minimum Gasteiger partial charge on any atom is -0.493 e. The van der Waals surface area contributed by atoms with E-state index in [9.17, 15) is 0 Å². The van der Waals surface area contributed by atoms with Crippen molar-refractivity contribution in [3.05, 3.63) is 36.0 Å². The van der Waals surface area contributed by atoms with Crippen LogP contribution in [0, 0.1) is 0 Å². The molecule has 0 bridgehead atoms. The number of rotatable bonds is 3. The van der Waals surface area contributed by atoms with E-state index in [-0.39, 0.29) is 0 Å². The van der Waals surface area contributed by atoms with Crippen LogP contribution in [0.1, 0.15) is 0 Å². The standard InChI is InChI=1S/C13H12N2O2S/c1-16-11-4-3-9(7-12(11)17-2)10-8-18-13-14-5-6-15(10)13/h3-8H,1-2H3. The number of ether oxygens (including phenoxy) is 2. The largest absolute Gasteiger partial charge is 0.493 e. The summed E-state index contributed by atoms with van der Waals surface area (Å²) in [6, 6.07) is 5.90. The SMILES string of the molecule is COc1ccc(-c2csc3nccn23)cc1OC. The number of methoxy groups -OCH3 is 2. The molecule has 0 aliphatic carbocycles. The van der Waals surface area contributed by atoms with Gasteiger partial charge in [0.15, 0.2) is 16.5 Å². The minimum atomic E-state index is 0.731. The van der Waals surface area contributed by atoms with E-state index in [4.69, 9.17) is 9.47 Å². The van der Waals surface area contributed by atoms with Gasteiger partial charge in [-0.15, -0.1) is 11.3 Å². The minimum absolute atomic E-state index is 0.731. The Hall–Kier alpha value is -2.01.